The molecule has 1 fully saturated rings. The molecule has 26 heavy (non-hydrogen) atoms. The minimum Gasteiger partial charge on any atom is -0.338 e. The van der Waals surface area contributed by atoms with Crippen molar-refractivity contribution in [1.29, 1.82) is 0 Å². The van der Waals surface area contributed by atoms with Crippen LogP contribution in [-0.2, 0) is 6.54 Å². The van der Waals surface area contributed by atoms with E-state index in [0.717, 1.165) is 35.7 Å². The zero-order valence-corrected chi connectivity index (χ0v) is 15.2. The lowest BCUT2D eigenvalue weighted by atomic mass is 10.0. The number of piperidine rings is 1. The standard InChI is InChI=1S/C20H23N5O/c1-14-5-3-4-12-25(14)13-19-23-20(24-26-19)17-8-6-16(7-9-17)18-10-11-21-15(2)22-18/h6-11,14H,3-5,12-13H2,1-2H3/t14-/m1/s1. The fourth-order valence-electron chi connectivity index (χ4n) is 3.41. The predicted molar refractivity (Wildman–Crippen MR) is 99.2 cm³/mol. The van der Waals surface area contributed by atoms with E-state index in [4.69, 9.17) is 4.52 Å². The SMILES string of the molecule is Cc1nccc(-c2ccc(-c3noc(CN4CCCC[C@H]4C)n3)cc2)n1. The van der Waals surface area contributed by atoms with Crippen molar-refractivity contribution in [2.45, 2.75) is 45.7 Å². The Balaban J connectivity index is 1.49. The molecule has 0 aliphatic carbocycles. The van der Waals surface area contributed by atoms with Crippen LogP contribution in [0, 0.1) is 6.92 Å². The number of benzene rings is 1. The Hall–Kier alpha value is -2.60. The molecule has 0 spiro atoms. The molecule has 0 bridgehead atoms. The topological polar surface area (TPSA) is 67.9 Å². The number of hydrogen-bond acceptors (Lipinski definition) is 6. The maximum absolute atomic E-state index is 5.48. The Morgan fingerprint density at radius 3 is 2.65 bits per heavy atom. The van der Waals surface area contributed by atoms with Crippen LogP contribution in [0.4, 0.5) is 0 Å². The van der Waals surface area contributed by atoms with E-state index in [1.165, 1.54) is 19.3 Å². The summed E-state index contributed by atoms with van der Waals surface area (Å²) in [6.07, 6.45) is 5.57. The van der Waals surface area contributed by atoms with E-state index in [1.54, 1.807) is 6.20 Å². The normalized spacial score (nSPS) is 18.2. The van der Waals surface area contributed by atoms with Crippen molar-refractivity contribution in [3.63, 3.8) is 0 Å². The van der Waals surface area contributed by atoms with Crippen LogP contribution in [-0.4, -0.2) is 37.6 Å². The third kappa shape index (κ3) is 3.65. The first-order valence-corrected chi connectivity index (χ1v) is 9.16. The van der Waals surface area contributed by atoms with Crippen LogP contribution in [0.25, 0.3) is 22.6 Å². The summed E-state index contributed by atoms with van der Waals surface area (Å²) >= 11 is 0. The largest absolute Gasteiger partial charge is 0.338 e. The van der Waals surface area contributed by atoms with Gasteiger partial charge in [0.15, 0.2) is 0 Å². The summed E-state index contributed by atoms with van der Waals surface area (Å²) in [6, 6.07) is 10.6. The summed E-state index contributed by atoms with van der Waals surface area (Å²) in [6.45, 7) is 5.99. The van der Waals surface area contributed by atoms with Crippen molar-refractivity contribution in [3.05, 3.63) is 48.2 Å². The van der Waals surface area contributed by atoms with Gasteiger partial charge in [0.2, 0.25) is 11.7 Å². The molecule has 1 aliphatic rings. The van der Waals surface area contributed by atoms with Crippen molar-refractivity contribution in [3.8, 4) is 22.6 Å². The van der Waals surface area contributed by atoms with E-state index in [-0.39, 0.29) is 0 Å². The van der Waals surface area contributed by atoms with Gasteiger partial charge in [-0.15, -0.1) is 0 Å². The molecule has 6 heteroatoms. The number of likely N-dealkylation sites (tertiary alicyclic amines) is 1. The summed E-state index contributed by atoms with van der Waals surface area (Å²) in [5.41, 5.74) is 2.91. The Kier molecular flexibility index (Phi) is 4.75. The highest BCUT2D eigenvalue weighted by Gasteiger charge is 2.21. The summed E-state index contributed by atoms with van der Waals surface area (Å²) in [7, 11) is 0. The molecule has 1 atom stereocenters. The second-order valence-electron chi connectivity index (χ2n) is 6.89. The summed E-state index contributed by atoms with van der Waals surface area (Å²) < 4.78 is 5.48. The van der Waals surface area contributed by atoms with Gasteiger partial charge in [-0.25, -0.2) is 9.97 Å². The summed E-state index contributed by atoms with van der Waals surface area (Å²) in [5, 5.41) is 4.16. The van der Waals surface area contributed by atoms with Gasteiger partial charge in [0, 0.05) is 23.4 Å². The molecule has 0 saturated carbocycles. The molecule has 134 valence electrons. The first kappa shape index (κ1) is 16.8. The van der Waals surface area contributed by atoms with Gasteiger partial charge in [-0.1, -0.05) is 35.8 Å². The van der Waals surface area contributed by atoms with E-state index >= 15 is 0 Å². The van der Waals surface area contributed by atoms with Gasteiger partial charge >= 0.3 is 0 Å². The molecular weight excluding hydrogens is 326 g/mol. The quantitative estimate of drug-likeness (QED) is 0.712. The summed E-state index contributed by atoms with van der Waals surface area (Å²) in [5.74, 6) is 2.08. The Morgan fingerprint density at radius 1 is 1.08 bits per heavy atom. The minimum absolute atomic E-state index is 0.578. The molecule has 0 N–H and O–H groups in total. The van der Waals surface area contributed by atoms with Crippen molar-refractivity contribution in [1.82, 2.24) is 25.0 Å². The fourth-order valence-corrected chi connectivity index (χ4v) is 3.41. The third-order valence-electron chi connectivity index (χ3n) is 4.96. The molecule has 4 rings (SSSR count). The lowest BCUT2D eigenvalue weighted by Crippen LogP contribution is -2.36. The second-order valence-corrected chi connectivity index (χ2v) is 6.89. The Labute approximate surface area is 153 Å². The zero-order chi connectivity index (χ0) is 17.9. The van der Waals surface area contributed by atoms with Crippen molar-refractivity contribution >= 4 is 0 Å². The van der Waals surface area contributed by atoms with Gasteiger partial charge in [0.05, 0.1) is 12.2 Å². The molecule has 1 aliphatic heterocycles. The molecule has 3 aromatic rings. The number of rotatable bonds is 4. The van der Waals surface area contributed by atoms with E-state index in [2.05, 4.69) is 31.9 Å². The molecule has 0 amide bonds. The van der Waals surface area contributed by atoms with Crippen molar-refractivity contribution < 1.29 is 4.52 Å². The van der Waals surface area contributed by atoms with Crippen molar-refractivity contribution in [2.24, 2.45) is 0 Å². The van der Waals surface area contributed by atoms with Crippen LogP contribution < -0.4 is 0 Å². The molecule has 3 heterocycles. The van der Waals surface area contributed by atoms with Gasteiger partial charge in [0.1, 0.15) is 5.82 Å². The molecule has 0 unspecified atom stereocenters. The second kappa shape index (κ2) is 7.33. The van der Waals surface area contributed by atoms with E-state index in [9.17, 15) is 0 Å². The molecule has 6 nitrogen and oxygen atoms in total. The average molecular weight is 349 g/mol. The zero-order valence-electron chi connectivity index (χ0n) is 15.2. The van der Waals surface area contributed by atoms with E-state index in [0.29, 0.717) is 17.8 Å². The van der Waals surface area contributed by atoms with Crippen LogP contribution in [0.2, 0.25) is 0 Å². The molecule has 1 saturated heterocycles. The highest BCUT2D eigenvalue weighted by atomic mass is 16.5. The number of hydrogen-bond donors (Lipinski definition) is 0. The molecule has 0 radical (unpaired) electrons. The first-order chi connectivity index (χ1) is 12.7. The van der Waals surface area contributed by atoms with Gasteiger partial charge < -0.3 is 4.52 Å². The first-order valence-electron chi connectivity index (χ1n) is 9.16. The highest BCUT2D eigenvalue weighted by Crippen LogP contribution is 2.23. The number of nitrogens with zero attached hydrogens (tertiary/aromatic N) is 5. The lowest BCUT2D eigenvalue weighted by Gasteiger charge is -2.31. The smallest absolute Gasteiger partial charge is 0.241 e. The van der Waals surface area contributed by atoms with Crippen LogP contribution in [0.3, 0.4) is 0 Å². The molecular formula is C20H23N5O. The average Bonchev–Trinajstić information content (AvgIpc) is 3.12. The van der Waals surface area contributed by atoms with E-state index in [1.807, 2.05) is 37.3 Å². The van der Waals surface area contributed by atoms with Gasteiger partial charge in [-0.3, -0.25) is 4.90 Å². The van der Waals surface area contributed by atoms with E-state index < -0.39 is 0 Å². The third-order valence-corrected chi connectivity index (χ3v) is 4.96. The van der Waals surface area contributed by atoms with Gasteiger partial charge in [-0.05, 0) is 39.3 Å². The van der Waals surface area contributed by atoms with Crippen LogP contribution in [0.5, 0.6) is 0 Å². The number of aryl methyl sites for hydroxylation is 1. The van der Waals surface area contributed by atoms with Crippen LogP contribution >= 0.6 is 0 Å². The monoisotopic (exact) mass is 349 g/mol. The fraction of sp³-hybridized carbons (Fsp3) is 0.400. The highest BCUT2D eigenvalue weighted by molar-refractivity contribution is 5.64. The Morgan fingerprint density at radius 2 is 1.88 bits per heavy atom. The molecule has 2 aromatic heterocycles. The van der Waals surface area contributed by atoms with Crippen LogP contribution in [0.1, 0.15) is 37.9 Å². The minimum atomic E-state index is 0.578. The lowest BCUT2D eigenvalue weighted by molar-refractivity contribution is 0.135. The van der Waals surface area contributed by atoms with Crippen molar-refractivity contribution in [2.75, 3.05) is 6.54 Å². The van der Waals surface area contributed by atoms with Crippen LogP contribution in [0.15, 0.2) is 41.1 Å². The number of aromatic nitrogens is 4. The van der Waals surface area contributed by atoms with Gasteiger partial charge in [0.25, 0.3) is 0 Å². The van der Waals surface area contributed by atoms with Gasteiger partial charge in [-0.2, -0.15) is 4.98 Å². The molecule has 1 aromatic carbocycles. The maximum atomic E-state index is 5.48. The predicted octanol–water partition coefficient (Wildman–Crippen LogP) is 3.88. The maximum Gasteiger partial charge on any atom is 0.241 e. The summed E-state index contributed by atoms with van der Waals surface area (Å²) in [4.78, 5) is 15.6. The Bertz CT molecular complexity index is 874.